The normalized spacial score (nSPS) is 15.3. The highest BCUT2D eigenvalue weighted by Gasteiger charge is 1.87. The molecule has 0 aromatic rings. The van der Waals surface area contributed by atoms with Crippen molar-refractivity contribution in [3.8, 4) is 0 Å². The molecule has 0 saturated carbocycles. The molecule has 0 fully saturated rings. The first-order chi connectivity index (χ1) is 3.31. The minimum absolute atomic E-state index is 0.0321. The summed E-state index contributed by atoms with van der Waals surface area (Å²) in [6.07, 6.45) is 3.57. The predicted octanol–water partition coefficient (Wildman–Crippen LogP) is -0.118. The Morgan fingerprint density at radius 2 is 2.43 bits per heavy atom. The zero-order valence-electron chi connectivity index (χ0n) is 4.46. The summed E-state index contributed by atoms with van der Waals surface area (Å²) in [6, 6.07) is -0.176. The molecule has 42 valence electrons. The minimum Gasteiger partial charge on any atom is -0.394 e. The van der Waals surface area contributed by atoms with E-state index in [-0.39, 0.29) is 12.6 Å². The first-order valence-corrected chi connectivity index (χ1v) is 2.30. The lowest BCUT2D eigenvalue weighted by Crippen LogP contribution is -2.20. The van der Waals surface area contributed by atoms with Crippen molar-refractivity contribution in [1.29, 1.82) is 0 Å². The second-order valence-corrected chi connectivity index (χ2v) is 1.37. The van der Waals surface area contributed by atoms with E-state index in [4.69, 9.17) is 10.8 Å². The van der Waals surface area contributed by atoms with Crippen LogP contribution in [0.3, 0.4) is 0 Å². The van der Waals surface area contributed by atoms with Crippen molar-refractivity contribution in [2.24, 2.45) is 5.73 Å². The van der Waals surface area contributed by atoms with E-state index in [2.05, 4.69) is 0 Å². The quantitative estimate of drug-likeness (QED) is 0.476. The molecule has 0 radical (unpaired) electrons. The maximum atomic E-state index is 8.29. The highest BCUT2D eigenvalue weighted by Crippen LogP contribution is 1.76. The molecular weight excluding hydrogens is 90.1 g/mol. The van der Waals surface area contributed by atoms with E-state index in [1.807, 2.05) is 13.0 Å². The Labute approximate surface area is 43.6 Å². The van der Waals surface area contributed by atoms with E-state index in [0.29, 0.717) is 0 Å². The Morgan fingerprint density at radius 3 is 2.57 bits per heavy atom. The van der Waals surface area contributed by atoms with Gasteiger partial charge in [-0.2, -0.15) is 0 Å². The SMILES string of the molecule is CC=C[C@H](N)CO. The van der Waals surface area contributed by atoms with Crippen LogP contribution in [0, 0.1) is 0 Å². The molecule has 0 aliphatic carbocycles. The van der Waals surface area contributed by atoms with Gasteiger partial charge in [0, 0.05) is 6.04 Å². The van der Waals surface area contributed by atoms with Crippen molar-refractivity contribution in [2.45, 2.75) is 13.0 Å². The Balaban J connectivity index is 3.16. The molecule has 2 nitrogen and oxygen atoms in total. The van der Waals surface area contributed by atoms with Gasteiger partial charge in [-0.05, 0) is 6.92 Å². The summed E-state index contributed by atoms with van der Waals surface area (Å²) in [5.74, 6) is 0. The third-order valence-electron chi connectivity index (χ3n) is 0.650. The third-order valence-corrected chi connectivity index (χ3v) is 0.650. The topological polar surface area (TPSA) is 46.2 Å². The van der Waals surface area contributed by atoms with Crippen LogP contribution in [0.15, 0.2) is 12.2 Å². The van der Waals surface area contributed by atoms with E-state index >= 15 is 0 Å². The largest absolute Gasteiger partial charge is 0.394 e. The molecule has 0 unspecified atom stereocenters. The average Bonchev–Trinajstić information content (AvgIpc) is 1.68. The Morgan fingerprint density at radius 1 is 1.86 bits per heavy atom. The molecule has 1 atom stereocenters. The lowest BCUT2D eigenvalue weighted by Gasteiger charge is -1.95. The molecule has 0 aliphatic rings. The van der Waals surface area contributed by atoms with Crippen LogP contribution in [0.1, 0.15) is 6.92 Å². The number of hydrogen-bond donors (Lipinski definition) is 2. The second-order valence-electron chi connectivity index (χ2n) is 1.37. The van der Waals surface area contributed by atoms with Crippen LogP contribution in [-0.4, -0.2) is 17.8 Å². The molecule has 7 heavy (non-hydrogen) atoms. The van der Waals surface area contributed by atoms with Gasteiger partial charge in [0.25, 0.3) is 0 Å². The van der Waals surface area contributed by atoms with Crippen LogP contribution in [-0.2, 0) is 0 Å². The fourth-order valence-electron chi connectivity index (χ4n) is 0.308. The molecule has 0 bridgehead atoms. The molecular formula is C5H11NO. The molecule has 0 aliphatic heterocycles. The van der Waals surface area contributed by atoms with Gasteiger partial charge in [0.15, 0.2) is 0 Å². The van der Waals surface area contributed by atoms with E-state index < -0.39 is 0 Å². The van der Waals surface area contributed by atoms with E-state index in [1.165, 1.54) is 0 Å². The van der Waals surface area contributed by atoms with Crippen molar-refractivity contribution in [3.63, 3.8) is 0 Å². The number of nitrogens with two attached hydrogens (primary N) is 1. The van der Waals surface area contributed by atoms with Gasteiger partial charge in [-0.1, -0.05) is 12.2 Å². The number of aliphatic hydroxyl groups is 1. The fraction of sp³-hybridized carbons (Fsp3) is 0.600. The lowest BCUT2D eigenvalue weighted by molar-refractivity contribution is 0.284. The van der Waals surface area contributed by atoms with Crippen molar-refractivity contribution < 1.29 is 5.11 Å². The maximum Gasteiger partial charge on any atom is 0.0618 e. The number of allylic oxidation sites excluding steroid dienone is 1. The van der Waals surface area contributed by atoms with Gasteiger partial charge in [-0.3, -0.25) is 0 Å². The summed E-state index contributed by atoms with van der Waals surface area (Å²) in [7, 11) is 0. The number of aliphatic hydroxyl groups excluding tert-OH is 1. The highest BCUT2D eigenvalue weighted by atomic mass is 16.3. The Hall–Kier alpha value is -0.340. The molecule has 0 spiro atoms. The number of hydrogen-bond acceptors (Lipinski definition) is 2. The molecule has 0 aromatic carbocycles. The highest BCUT2D eigenvalue weighted by molar-refractivity contribution is 4.87. The zero-order valence-corrected chi connectivity index (χ0v) is 4.46. The van der Waals surface area contributed by atoms with Crippen LogP contribution < -0.4 is 5.73 Å². The predicted molar refractivity (Wildman–Crippen MR) is 29.9 cm³/mol. The van der Waals surface area contributed by atoms with Crippen LogP contribution in [0.5, 0.6) is 0 Å². The van der Waals surface area contributed by atoms with Crippen LogP contribution in [0.25, 0.3) is 0 Å². The zero-order chi connectivity index (χ0) is 5.70. The molecule has 3 N–H and O–H groups in total. The van der Waals surface area contributed by atoms with Gasteiger partial charge >= 0.3 is 0 Å². The van der Waals surface area contributed by atoms with Gasteiger partial charge in [0.05, 0.1) is 6.61 Å². The van der Waals surface area contributed by atoms with Crippen LogP contribution in [0.2, 0.25) is 0 Å². The Kier molecular flexibility index (Phi) is 3.65. The minimum atomic E-state index is -0.176. The van der Waals surface area contributed by atoms with E-state index in [1.54, 1.807) is 6.08 Å². The summed E-state index contributed by atoms with van der Waals surface area (Å²) in [5.41, 5.74) is 5.25. The molecule has 2 heteroatoms. The standard InChI is InChI=1S/C5H11NO/c1-2-3-5(6)4-7/h2-3,5,7H,4,6H2,1H3/t5-/m0/s1. The smallest absolute Gasteiger partial charge is 0.0618 e. The van der Waals surface area contributed by atoms with Gasteiger partial charge in [0.2, 0.25) is 0 Å². The fourth-order valence-corrected chi connectivity index (χ4v) is 0.308. The molecule has 0 aromatic heterocycles. The molecule has 0 rings (SSSR count). The van der Waals surface area contributed by atoms with Crippen molar-refractivity contribution in [3.05, 3.63) is 12.2 Å². The molecule has 0 saturated heterocycles. The monoisotopic (exact) mass is 101 g/mol. The van der Waals surface area contributed by atoms with Crippen LogP contribution >= 0.6 is 0 Å². The molecule has 0 heterocycles. The average molecular weight is 101 g/mol. The second kappa shape index (κ2) is 3.84. The van der Waals surface area contributed by atoms with Crippen molar-refractivity contribution >= 4 is 0 Å². The maximum absolute atomic E-state index is 8.29. The first-order valence-electron chi connectivity index (χ1n) is 2.30. The van der Waals surface area contributed by atoms with Crippen LogP contribution in [0.4, 0.5) is 0 Å². The van der Waals surface area contributed by atoms with E-state index in [9.17, 15) is 0 Å². The van der Waals surface area contributed by atoms with Gasteiger partial charge in [-0.25, -0.2) is 0 Å². The van der Waals surface area contributed by atoms with Crippen molar-refractivity contribution in [2.75, 3.05) is 6.61 Å². The van der Waals surface area contributed by atoms with Crippen molar-refractivity contribution in [1.82, 2.24) is 0 Å². The first kappa shape index (κ1) is 6.66. The molecule has 0 amide bonds. The lowest BCUT2D eigenvalue weighted by atomic mass is 10.3. The number of rotatable bonds is 2. The Bertz CT molecular complexity index is 61.1. The summed E-state index contributed by atoms with van der Waals surface area (Å²) in [5, 5.41) is 8.29. The van der Waals surface area contributed by atoms with Gasteiger partial charge in [0.1, 0.15) is 0 Å². The van der Waals surface area contributed by atoms with Gasteiger partial charge in [-0.15, -0.1) is 0 Å². The summed E-state index contributed by atoms with van der Waals surface area (Å²) < 4.78 is 0. The van der Waals surface area contributed by atoms with Gasteiger partial charge < -0.3 is 10.8 Å². The third kappa shape index (κ3) is 3.49. The van der Waals surface area contributed by atoms with E-state index in [0.717, 1.165) is 0 Å². The summed E-state index contributed by atoms with van der Waals surface area (Å²) in [4.78, 5) is 0. The summed E-state index contributed by atoms with van der Waals surface area (Å²) in [6.45, 7) is 1.90. The summed E-state index contributed by atoms with van der Waals surface area (Å²) >= 11 is 0.